The molecular weight excluding hydrogens is 576 g/mol. The topological polar surface area (TPSA) is 77.0 Å². The van der Waals surface area contributed by atoms with Gasteiger partial charge in [-0.25, -0.2) is 25.3 Å². The maximum Gasteiger partial charge on any atom is 0.283 e. The molecule has 7 rings (SSSR count). The van der Waals surface area contributed by atoms with Crippen molar-refractivity contribution in [2.75, 3.05) is 0 Å². The van der Waals surface area contributed by atoms with Gasteiger partial charge in [0.15, 0.2) is 17.5 Å². The molecule has 0 fully saturated rings. The van der Waals surface area contributed by atoms with E-state index in [1.54, 1.807) is 0 Å². The SMILES string of the molecule is C/C=C\C(=C/CC)c1nc(-c2ccccc2)nc(-c2cccc3c2CCC=C3C2=NC(c3ccccc3)[NH+]=C(c3ccccc3)N2)n1. The van der Waals surface area contributed by atoms with E-state index in [0.29, 0.717) is 17.5 Å². The Hall–Kier alpha value is -5.75. The molecule has 1 aliphatic carbocycles. The Labute approximate surface area is 276 Å². The number of hydrogen-bond donors (Lipinski definition) is 2. The Kier molecular flexibility index (Phi) is 8.73. The van der Waals surface area contributed by atoms with Crippen LogP contribution < -0.4 is 10.3 Å². The van der Waals surface area contributed by atoms with Crippen molar-refractivity contribution >= 4 is 22.8 Å². The number of allylic oxidation sites excluding steroid dienone is 5. The van der Waals surface area contributed by atoms with Crippen LogP contribution in [0.3, 0.4) is 0 Å². The van der Waals surface area contributed by atoms with Gasteiger partial charge in [0.1, 0.15) is 0 Å². The molecule has 0 radical (unpaired) electrons. The zero-order valence-electron chi connectivity index (χ0n) is 26.7. The van der Waals surface area contributed by atoms with Gasteiger partial charge in [0.2, 0.25) is 12.0 Å². The number of aliphatic imine (C=N–C) groups is 1. The van der Waals surface area contributed by atoms with Crippen molar-refractivity contribution in [3.63, 3.8) is 0 Å². The van der Waals surface area contributed by atoms with Gasteiger partial charge >= 0.3 is 0 Å². The van der Waals surface area contributed by atoms with Crippen molar-refractivity contribution in [1.29, 1.82) is 0 Å². The summed E-state index contributed by atoms with van der Waals surface area (Å²) in [6.07, 6.45) is 11.0. The summed E-state index contributed by atoms with van der Waals surface area (Å²) in [5.74, 6) is 3.80. The first-order chi connectivity index (χ1) is 23.2. The second-order valence-electron chi connectivity index (χ2n) is 11.5. The largest absolute Gasteiger partial charge is 0.283 e. The summed E-state index contributed by atoms with van der Waals surface area (Å²) in [6.45, 7) is 4.15. The maximum atomic E-state index is 5.23. The maximum absolute atomic E-state index is 5.23. The van der Waals surface area contributed by atoms with E-state index in [2.05, 4.69) is 102 Å². The minimum atomic E-state index is -0.230. The van der Waals surface area contributed by atoms with E-state index in [-0.39, 0.29) is 6.17 Å². The van der Waals surface area contributed by atoms with E-state index in [1.807, 2.05) is 55.5 Å². The Morgan fingerprint density at radius 1 is 0.787 bits per heavy atom. The number of amidine groups is 2. The monoisotopic (exact) mass is 613 g/mol. The zero-order chi connectivity index (χ0) is 32.0. The fourth-order valence-electron chi connectivity index (χ4n) is 6.16. The third kappa shape index (κ3) is 6.36. The molecule has 1 aromatic heterocycles. The second-order valence-corrected chi connectivity index (χ2v) is 11.5. The van der Waals surface area contributed by atoms with Crippen LogP contribution in [0.4, 0.5) is 0 Å². The van der Waals surface area contributed by atoms with Crippen LogP contribution in [-0.2, 0) is 6.42 Å². The van der Waals surface area contributed by atoms with Crippen LogP contribution in [0.25, 0.3) is 33.9 Å². The molecule has 6 heteroatoms. The normalized spacial score (nSPS) is 16.2. The number of fused-ring (bicyclic) bond motifs is 1. The van der Waals surface area contributed by atoms with Crippen LogP contribution in [0.2, 0.25) is 0 Å². The highest BCUT2D eigenvalue weighted by Gasteiger charge is 2.30. The molecule has 0 bridgehead atoms. The molecule has 1 unspecified atom stereocenters. The fraction of sp³-hybridized carbons (Fsp3) is 0.146. The summed E-state index contributed by atoms with van der Waals surface area (Å²) in [4.78, 5) is 24.0. The average molecular weight is 614 g/mol. The lowest BCUT2D eigenvalue weighted by molar-refractivity contribution is -0.510. The number of aromatic nitrogens is 3. The van der Waals surface area contributed by atoms with Crippen molar-refractivity contribution in [2.45, 2.75) is 39.3 Å². The highest BCUT2D eigenvalue weighted by molar-refractivity contribution is 6.29. The fourth-order valence-corrected chi connectivity index (χ4v) is 6.16. The van der Waals surface area contributed by atoms with Crippen LogP contribution in [0, 0.1) is 0 Å². The lowest BCUT2D eigenvalue weighted by Crippen LogP contribution is -2.80. The van der Waals surface area contributed by atoms with E-state index < -0.39 is 0 Å². The summed E-state index contributed by atoms with van der Waals surface area (Å²) in [7, 11) is 0. The van der Waals surface area contributed by atoms with E-state index in [4.69, 9.17) is 19.9 Å². The summed E-state index contributed by atoms with van der Waals surface area (Å²) < 4.78 is 0. The van der Waals surface area contributed by atoms with E-state index in [1.165, 1.54) is 5.56 Å². The molecule has 2 heterocycles. The Morgan fingerprint density at radius 2 is 1.47 bits per heavy atom. The van der Waals surface area contributed by atoms with E-state index in [0.717, 1.165) is 69.9 Å². The summed E-state index contributed by atoms with van der Waals surface area (Å²) in [5.41, 5.74) is 8.60. The van der Waals surface area contributed by atoms with Gasteiger partial charge in [-0.05, 0) is 49.4 Å². The minimum Gasteiger partial charge on any atom is -0.247 e. The van der Waals surface area contributed by atoms with Gasteiger partial charge in [0, 0.05) is 27.8 Å². The number of benzene rings is 4. The molecule has 0 amide bonds. The van der Waals surface area contributed by atoms with Gasteiger partial charge < -0.3 is 0 Å². The van der Waals surface area contributed by atoms with Gasteiger partial charge in [-0.2, -0.15) is 4.99 Å². The lowest BCUT2D eigenvalue weighted by Gasteiger charge is -2.23. The molecule has 2 aliphatic rings. The predicted molar refractivity (Wildman–Crippen MR) is 191 cm³/mol. The molecule has 230 valence electrons. The smallest absolute Gasteiger partial charge is 0.247 e. The molecule has 0 spiro atoms. The molecule has 1 atom stereocenters. The molecular formula is C41H37N6+. The van der Waals surface area contributed by atoms with E-state index in [9.17, 15) is 0 Å². The molecule has 6 nitrogen and oxygen atoms in total. The van der Waals surface area contributed by atoms with Gasteiger partial charge in [-0.15, -0.1) is 0 Å². The van der Waals surface area contributed by atoms with Crippen LogP contribution in [0.15, 0.2) is 138 Å². The zero-order valence-corrected chi connectivity index (χ0v) is 26.7. The van der Waals surface area contributed by atoms with Crippen molar-refractivity contribution < 1.29 is 4.99 Å². The number of rotatable bonds is 8. The Morgan fingerprint density at radius 3 is 2.19 bits per heavy atom. The molecule has 5 aromatic rings. The third-order valence-electron chi connectivity index (χ3n) is 8.36. The predicted octanol–water partition coefficient (Wildman–Crippen LogP) is 7.13. The third-order valence-corrected chi connectivity index (χ3v) is 8.36. The van der Waals surface area contributed by atoms with Crippen molar-refractivity contribution in [2.24, 2.45) is 4.99 Å². The van der Waals surface area contributed by atoms with Gasteiger partial charge in [0.05, 0.1) is 5.56 Å². The number of hydrogen-bond acceptors (Lipinski definition) is 5. The second kappa shape index (κ2) is 13.7. The highest BCUT2D eigenvalue weighted by Crippen LogP contribution is 2.35. The van der Waals surface area contributed by atoms with Crippen LogP contribution in [0.5, 0.6) is 0 Å². The first kappa shape index (κ1) is 29.9. The van der Waals surface area contributed by atoms with E-state index >= 15 is 0 Å². The summed E-state index contributed by atoms with van der Waals surface area (Å²) in [6, 6.07) is 37.3. The highest BCUT2D eigenvalue weighted by atomic mass is 15.2. The first-order valence-electron chi connectivity index (χ1n) is 16.3. The molecule has 47 heavy (non-hydrogen) atoms. The number of nitrogens with zero attached hydrogens (tertiary/aromatic N) is 4. The molecule has 0 saturated carbocycles. The summed E-state index contributed by atoms with van der Waals surface area (Å²) >= 11 is 0. The van der Waals surface area contributed by atoms with Crippen molar-refractivity contribution in [3.05, 3.63) is 162 Å². The van der Waals surface area contributed by atoms with Crippen LogP contribution >= 0.6 is 0 Å². The summed E-state index contributed by atoms with van der Waals surface area (Å²) in [5, 5.41) is 3.65. The van der Waals surface area contributed by atoms with Crippen LogP contribution in [0.1, 0.15) is 60.9 Å². The lowest BCUT2D eigenvalue weighted by atomic mass is 9.86. The number of nitrogens with one attached hydrogen (secondary N) is 2. The van der Waals surface area contributed by atoms with Crippen molar-refractivity contribution in [1.82, 2.24) is 20.3 Å². The quantitative estimate of drug-likeness (QED) is 0.183. The Bertz CT molecular complexity index is 2040. The molecule has 2 N–H and O–H groups in total. The average Bonchev–Trinajstić information content (AvgIpc) is 3.15. The Balaban J connectivity index is 1.34. The van der Waals surface area contributed by atoms with Gasteiger partial charge in [-0.3, -0.25) is 0 Å². The first-order valence-corrected chi connectivity index (χ1v) is 16.3. The molecule has 1 aliphatic heterocycles. The van der Waals surface area contributed by atoms with Gasteiger partial charge in [0.25, 0.3) is 5.84 Å². The molecule has 4 aromatic carbocycles. The van der Waals surface area contributed by atoms with Gasteiger partial charge in [-0.1, -0.05) is 128 Å². The van der Waals surface area contributed by atoms with Crippen LogP contribution in [-0.4, -0.2) is 26.6 Å². The molecule has 0 saturated heterocycles. The minimum absolute atomic E-state index is 0.230. The standard InChI is InChI=1S/C41H36N6/c1-3-16-28(17-4-2)36-42-37(29-18-8-5-9-19-29)45-40(44-36)34-26-14-25-33-32(34)24-15-27-35(33)41-46-38(30-20-10-6-11-21-30)43-39(47-41)31-22-12-7-13-23-31/h3,5-14,16-23,25-27,38H,4,15,24H2,1-2H3,(H,43,46,47)/p+1/b16-3-,28-17+. The van der Waals surface area contributed by atoms with Crippen molar-refractivity contribution in [3.8, 4) is 22.8 Å².